The minimum atomic E-state index is -0.930. The first-order valence-electron chi connectivity index (χ1n) is 8.12. The number of nitrogens with one attached hydrogen (secondary N) is 2. The molecule has 0 radical (unpaired) electrons. The van der Waals surface area contributed by atoms with Crippen molar-refractivity contribution in [3.63, 3.8) is 0 Å². The van der Waals surface area contributed by atoms with E-state index in [-0.39, 0.29) is 17.1 Å². The second kappa shape index (κ2) is 6.78. The number of hydroxylamine groups is 1. The highest BCUT2D eigenvalue weighted by Gasteiger charge is 2.68. The average molecular weight is 384 g/mol. The third kappa shape index (κ3) is 3.92. The number of carboxylic acid groups (broad SMARTS) is 1. The Balaban J connectivity index is 1.59. The Kier molecular flexibility index (Phi) is 4.82. The van der Waals surface area contributed by atoms with Crippen LogP contribution in [0.1, 0.15) is 27.2 Å². The van der Waals surface area contributed by atoms with Gasteiger partial charge in [-0.2, -0.15) is 5.10 Å². The number of amides is 1. The van der Waals surface area contributed by atoms with Gasteiger partial charge in [-0.1, -0.05) is 11.8 Å². The zero-order chi connectivity index (χ0) is 19.1. The van der Waals surface area contributed by atoms with Gasteiger partial charge in [0.25, 0.3) is 0 Å². The van der Waals surface area contributed by atoms with Crippen LogP contribution in [0.25, 0.3) is 0 Å². The van der Waals surface area contributed by atoms with E-state index >= 15 is 0 Å². The van der Waals surface area contributed by atoms with Crippen molar-refractivity contribution in [2.75, 3.05) is 0 Å². The predicted molar refractivity (Wildman–Crippen MR) is 87.7 cm³/mol. The lowest BCUT2D eigenvalue weighted by molar-refractivity contribution is -0.156. The molecule has 0 saturated heterocycles. The second-order valence-electron chi connectivity index (χ2n) is 7.33. The molecule has 0 spiro atoms. The van der Waals surface area contributed by atoms with Gasteiger partial charge in [-0.15, -0.1) is 5.48 Å². The van der Waals surface area contributed by atoms with Crippen LogP contribution in [-0.2, 0) is 19.2 Å². The summed E-state index contributed by atoms with van der Waals surface area (Å²) in [5.41, 5.74) is 1.24. The van der Waals surface area contributed by atoms with E-state index in [0.717, 1.165) is 0 Å². The average Bonchev–Trinajstić information content (AvgIpc) is 2.86. The quantitative estimate of drug-likeness (QED) is 0.652. The summed E-state index contributed by atoms with van der Waals surface area (Å²) < 4.78 is 4.99. The van der Waals surface area contributed by atoms with Gasteiger partial charge in [0.1, 0.15) is 11.9 Å². The number of H-pyrrole nitrogens is 1. The number of hydrogen-bond donors (Lipinski definition) is 3. The second-order valence-corrected chi connectivity index (χ2v) is 8.56. The number of ether oxygens (including phenoxy) is 1. The monoisotopic (exact) mass is 384 g/mol. The summed E-state index contributed by atoms with van der Waals surface area (Å²) >= 11 is 1.37. The van der Waals surface area contributed by atoms with E-state index in [1.165, 1.54) is 18.1 Å². The van der Waals surface area contributed by atoms with Crippen molar-refractivity contribution in [1.82, 2.24) is 20.7 Å². The van der Waals surface area contributed by atoms with Crippen LogP contribution in [0.2, 0.25) is 0 Å². The maximum atomic E-state index is 12.3. The Hall–Kier alpha value is -2.30. The van der Waals surface area contributed by atoms with E-state index in [1.807, 2.05) is 5.48 Å². The molecule has 3 N–H and O–H groups in total. The number of aliphatic carboxylic acids is 1. The summed E-state index contributed by atoms with van der Waals surface area (Å²) in [7, 11) is 0. The van der Waals surface area contributed by atoms with Crippen molar-refractivity contribution < 1.29 is 29.1 Å². The molecule has 2 aliphatic carbocycles. The lowest BCUT2D eigenvalue weighted by Gasteiger charge is -2.20. The number of aromatic amines is 1. The number of thioether (sulfide) groups is 1. The molecule has 142 valence electrons. The molecule has 2 fully saturated rings. The van der Waals surface area contributed by atoms with Crippen LogP contribution in [0.3, 0.4) is 0 Å². The van der Waals surface area contributed by atoms with Gasteiger partial charge in [0.05, 0.1) is 11.8 Å². The first kappa shape index (κ1) is 18.5. The summed E-state index contributed by atoms with van der Waals surface area (Å²) in [6.45, 7) is 5.05. The number of carboxylic acids is 1. The summed E-state index contributed by atoms with van der Waals surface area (Å²) in [5.74, 6) is -3.22. The van der Waals surface area contributed by atoms with Crippen molar-refractivity contribution >= 4 is 29.8 Å². The number of fused-ring (bicyclic) bond motifs is 1. The fourth-order valence-electron chi connectivity index (χ4n) is 3.49. The van der Waals surface area contributed by atoms with Crippen LogP contribution in [0.4, 0.5) is 4.79 Å². The molecule has 0 aromatic carbocycles. The van der Waals surface area contributed by atoms with Crippen LogP contribution in [0.5, 0.6) is 0 Å². The van der Waals surface area contributed by atoms with Crippen molar-refractivity contribution in [3.8, 4) is 0 Å². The van der Waals surface area contributed by atoms with Gasteiger partial charge in [-0.05, 0) is 39.0 Å². The number of rotatable bonds is 4. The maximum Gasteiger partial charge on any atom is 0.441 e. The highest BCUT2D eigenvalue weighted by atomic mass is 32.2. The normalized spacial score (nSPS) is 29.6. The molecule has 1 aromatic heterocycles. The first-order valence-corrected chi connectivity index (χ1v) is 9.00. The SMILES string of the molecule is CC(C)(C)OC(=O)NOC(=O)[C@H]1C[C@@H](Sc2ncn[nH]2)[C@H]2[C@H](C(=O)O)[C@H]21. The highest BCUT2D eigenvalue weighted by Crippen LogP contribution is 2.64. The number of nitrogens with zero attached hydrogens (tertiary/aromatic N) is 2. The number of carbonyl (C=O) groups is 3. The van der Waals surface area contributed by atoms with E-state index in [0.29, 0.717) is 11.6 Å². The summed E-state index contributed by atoms with van der Waals surface area (Å²) in [6, 6.07) is 0. The van der Waals surface area contributed by atoms with Crippen LogP contribution in [-0.4, -0.2) is 49.2 Å². The van der Waals surface area contributed by atoms with E-state index in [9.17, 15) is 19.5 Å². The molecule has 10 nitrogen and oxygen atoms in total. The lowest BCUT2D eigenvalue weighted by Crippen LogP contribution is -2.36. The Morgan fingerprint density at radius 1 is 1.35 bits per heavy atom. The molecule has 2 aliphatic rings. The van der Waals surface area contributed by atoms with Crippen LogP contribution in [0, 0.1) is 23.7 Å². The standard InChI is InChI=1S/C15H20N4O6S/c1-15(2,3)24-14(23)19-25-12(22)6-4-7(26-13-16-5-17-18-13)9-8(6)10(9)11(20)21/h5-10H,4H2,1-3H3,(H,19,23)(H,20,21)(H,16,17,18)/t6-,7+,8-,9+,10+/m0/s1. The van der Waals surface area contributed by atoms with Crippen molar-refractivity contribution in [1.29, 1.82) is 0 Å². The molecule has 1 aromatic rings. The van der Waals surface area contributed by atoms with Gasteiger partial charge < -0.3 is 14.7 Å². The zero-order valence-electron chi connectivity index (χ0n) is 14.5. The molecule has 26 heavy (non-hydrogen) atoms. The minimum Gasteiger partial charge on any atom is -0.481 e. The Morgan fingerprint density at radius 2 is 2.08 bits per heavy atom. The lowest BCUT2D eigenvalue weighted by atomic mass is 10.00. The van der Waals surface area contributed by atoms with Crippen molar-refractivity contribution in [3.05, 3.63) is 6.33 Å². The molecule has 11 heteroatoms. The van der Waals surface area contributed by atoms with Crippen LogP contribution >= 0.6 is 11.8 Å². The van der Waals surface area contributed by atoms with Gasteiger partial charge in [-0.25, -0.2) is 14.6 Å². The number of hydrogen-bond acceptors (Lipinski definition) is 8. The predicted octanol–water partition coefficient (Wildman–Crippen LogP) is 1.21. The van der Waals surface area contributed by atoms with Gasteiger partial charge in [0.2, 0.25) is 0 Å². The molecule has 2 saturated carbocycles. The molecule has 1 heterocycles. The molecular weight excluding hydrogens is 364 g/mol. The smallest absolute Gasteiger partial charge is 0.441 e. The summed E-state index contributed by atoms with van der Waals surface area (Å²) in [5, 5.41) is 16.3. The Morgan fingerprint density at radius 3 is 2.65 bits per heavy atom. The maximum absolute atomic E-state index is 12.3. The number of carbonyl (C=O) groups excluding carboxylic acids is 2. The van der Waals surface area contributed by atoms with Crippen molar-refractivity contribution in [2.24, 2.45) is 23.7 Å². The molecule has 0 unspecified atom stereocenters. The van der Waals surface area contributed by atoms with Gasteiger partial charge in [0.15, 0.2) is 5.16 Å². The first-order chi connectivity index (χ1) is 12.2. The van der Waals surface area contributed by atoms with E-state index in [2.05, 4.69) is 15.2 Å². The molecule has 1 amide bonds. The third-order valence-corrected chi connectivity index (χ3v) is 5.62. The molecule has 3 rings (SSSR count). The molecule has 0 aliphatic heterocycles. The Labute approximate surface area is 153 Å². The zero-order valence-corrected chi connectivity index (χ0v) is 15.3. The van der Waals surface area contributed by atoms with Gasteiger partial charge in [-0.3, -0.25) is 9.89 Å². The topological polar surface area (TPSA) is 143 Å². The molecule has 0 bridgehead atoms. The van der Waals surface area contributed by atoms with Crippen LogP contribution in [0.15, 0.2) is 11.5 Å². The van der Waals surface area contributed by atoms with Crippen LogP contribution < -0.4 is 5.48 Å². The van der Waals surface area contributed by atoms with Gasteiger partial charge >= 0.3 is 18.0 Å². The summed E-state index contributed by atoms with van der Waals surface area (Å²) in [6.07, 6.45) is 0.935. The Bertz CT molecular complexity index is 703. The fraction of sp³-hybridized carbons (Fsp3) is 0.667. The highest BCUT2D eigenvalue weighted by molar-refractivity contribution is 7.99. The summed E-state index contributed by atoms with van der Waals surface area (Å²) in [4.78, 5) is 44.2. The number of aromatic nitrogens is 3. The van der Waals surface area contributed by atoms with Gasteiger partial charge in [0, 0.05) is 5.25 Å². The molecule has 5 atom stereocenters. The molecular formula is C15H20N4O6S. The minimum absolute atomic E-state index is 0.0897. The largest absolute Gasteiger partial charge is 0.481 e. The van der Waals surface area contributed by atoms with Crippen molar-refractivity contribution in [2.45, 2.75) is 43.2 Å². The van der Waals surface area contributed by atoms with E-state index < -0.39 is 35.5 Å². The van der Waals surface area contributed by atoms with E-state index in [4.69, 9.17) is 9.57 Å². The fourth-order valence-corrected chi connectivity index (χ4v) is 4.80. The van der Waals surface area contributed by atoms with E-state index in [1.54, 1.807) is 20.8 Å². The third-order valence-electron chi connectivity index (χ3n) is 4.39.